The van der Waals surface area contributed by atoms with Crippen molar-refractivity contribution in [1.82, 2.24) is 9.62 Å². The molecule has 1 amide bonds. The number of rotatable bonds is 4. The molecule has 0 atom stereocenters. The molecule has 0 unspecified atom stereocenters. The molecule has 1 aliphatic heterocycles. The number of amides is 1. The molecule has 0 aliphatic carbocycles. The molecule has 1 aliphatic rings. The number of sulfonamides is 1. The Morgan fingerprint density at radius 2 is 1.95 bits per heavy atom. The number of hydrogen-bond acceptors (Lipinski definition) is 3. The lowest BCUT2D eigenvalue weighted by atomic mass is 10.2. The van der Waals surface area contributed by atoms with Crippen LogP contribution in [0.3, 0.4) is 0 Å². The van der Waals surface area contributed by atoms with Crippen LogP contribution in [0.2, 0.25) is 0 Å². The van der Waals surface area contributed by atoms with E-state index >= 15 is 0 Å². The summed E-state index contributed by atoms with van der Waals surface area (Å²) in [5.74, 6) is -1.23. The number of nitrogens with zero attached hydrogens (tertiary/aromatic N) is 1. The second-order valence-electron chi connectivity index (χ2n) is 4.97. The first-order valence-electron chi connectivity index (χ1n) is 7.04. The van der Waals surface area contributed by atoms with Gasteiger partial charge in [-0.05, 0) is 38.0 Å². The number of nitrogens with one attached hydrogen (secondary N) is 1. The highest BCUT2D eigenvalue weighted by molar-refractivity contribution is 7.89. The summed E-state index contributed by atoms with van der Waals surface area (Å²) < 4.78 is 40.2. The average molecular weight is 314 g/mol. The van der Waals surface area contributed by atoms with E-state index in [1.807, 2.05) is 0 Å². The first kappa shape index (κ1) is 15.9. The van der Waals surface area contributed by atoms with Crippen LogP contribution in [0.4, 0.5) is 4.39 Å². The minimum Gasteiger partial charge on any atom is -0.352 e. The van der Waals surface area contributed by atoms with Crippen LogP contribution in [0, 0.1) is 5.82 Å². The Kier molecular flexibility index (Phi) is 4.95. The van der Waals surface area contributed by atoms with E-state index < -0.39 is 26.6 Å². The van der Waals surface area contributed by atoms with Gasteiger partial charge in [0.15, 0.2) is 0 Å². The Labute approximate surface area is 124 Å². The fourth-order valence-electron chi connectivity index (χ4n) is 2.35. The molecule has 2 rings (SSSR count). The van der Waals surface area contributed by atoms with Gasteiger partial charge >= 0.3 is 0 Å². The molecular formula is C14H19FN2O3S. The molecule has 0 aromatic heterocycles. The molecule has 1 aromatic carbocycles. The van der Waals surface area contributed by atoms with Crippen molar-refractivity contribution in [2.45, 2.75) is 31.1 Å². The molecule has 21 heavy (non-hydrogen) atoms. The predicted molar refractivity (Wildman–Crippen MR) is 77.0 cm³/mol. The highest BCUT2D eigenvalue weighted by atomic mass is 32.2. The van der Waals surface area contributed by atoms with Gasteiger partial charge in [-0.25, -0.2) is 12.8 Å². The summed E-state index contributed by atoms with van der Waals surface area (Å²) in [4.78, 5) is 11.3. The van der Waals surface area contributed by atoms with E-state index in [1.54, 1.807) is 6.92 Å². The van der Waals surface area contributed by atoms with Crippen molar-refractivity contribution in [2.24, 2.45) is 0 Å². The van der Waals surface area contributed by atoms with Crippen LogP contribution in [-0.2, 0) is 10.0 Å². The van der Waals surface area contributed by atoms with E-state index in [9.17, 15) is 17.6 Å². The van der Waals surface area contributed by atoms with E-state index in [2.05, 4.69) is 5.32 Å². The van der Waals surface area contributed by atoms with Crippen molar-refractivity contribution in [2.75, 3.05) is 19.6 Å². The van der Waals surface area contributed by atoms with Gasteiger partial charge in [0.2, 0.25) is 10.0 Å². The van der Waals surface area contributed by atoms with Crippen molar-refractivity contribution < 1.29 is 17.6 Å². The van der Waals surface area contributed by atoms with Crippen molar-refractivity contribution in [3.63, 3.8) is 0 Å². The summed E-state index contributed by atoms with van der Waals surface area (Å²) in [5, 5.41) is 2.57. The summed E-state index contributed by atoms with van der Waals surface area (Å²) in [5.41, 5.74) is 0.147. The lowest BCUT2D eigenvalue weighted by Crippen LogP contribution is -2.36. The van der Waals surface area contributed by atoms with E-state index in [1.165, 1.54) is 10.4 Å². The van der Waals surface area contributed by atoms with Gasteiger partial charge in [0, 0.05) is 25.2 Å². The van der Waals surface area contributed by atoms with Gasteiger partial charge in [-0.3, -0.25) is 4.79 Å². The summed E-state index contributed by atoms with van der Waals surface area (Å²) in [7, 11) is -3.89. The number of hydrogen-bond donors (Lipinski definition) is 1. The Morgan fingerprint density at radius 1 is 1.29 bits per heavy atom. The van der Waals surface area contributed by atoms with E-state index in [0.29, 0.717) is 19.6 Å². The molecule has 1 fully saturated rings. The number of benzene rings is 1. The quantitative estimate of drug-likeness (QED) is 0.921. The second-order valence-corrected chi connectivity index (χ2v) is 6.88. The largest absolute Gasteiger partial charge is 0.352 e. The molecule has 0 saturated carbocycles. The maximum Gasteiger partial charge on any atom is 0.251 e. The molecule has 7 heteroatoms. The minimum atomic E-state index is -3.89. The summed E-state index contributed by atoms with van der Waals surface area (Å²) in [6, 6.07) is 3.43. The smallest absolute Gasteiger partial charge is 0.251 e. The van der Waals surface area contributed by atoms with Gasteiger partial charge in [-0.2, -0.15) is 4.31 Å². The van der Waals surface area contributed by atoms with Gasteiger partial charge in [0.05, 0.1) is 0 Å². The molecule has 5 nitrogen and oxygen atoms in total. The lowest BCUT2D eigenvalue weighted by molar-refractivity contribution is 0.0955. The number of carbonyl (C=O) groups excluding carboxylic acids is 1. The third-order valence-corrected chi connectivity index (χ3v) is 5.38. The summed E-state index contributed by atoms with van der Waals surface area (Å²) >= 11 is 0. The Hall–Kier alpha value is -1.47. The average Bonchev–Trinajstić information content (AvgIpc) is 2.48. The Morgan fingerprint density at radius 3 is 2.57 bits per heavy atom. The normalized spacial score (nSPS) is 16.7. The fraction of sp³-hybridized carbons (Fsp3) is 0.500. The van der Waals surface area contributed by atoms with Gasteiger partial charge in [-0.1, -0.05) is 6.42 Å². The predicted octanol–water partition coefficient (Wildman–Crippen LogP) is 1.75. The zero-order valence-electron chi connectivity index (χ0n) is 11.9. The molecule has 0 spiro atoms. The first-order valence-corrected chi connectivity index (χ1v) is 8.48. The molecular weight excluding hydrogens is 295 g/mol. The highest BCUT2D eigenvalue weighted by Crippen LogP contribution is 2.23. The van der Waals surface area contributed by atoms with Gasteiger partial charge in [0.1, 0.15) is 10.7 Å². The Balaban J connectivity index is 2.37. The van der Waals surface area contributed by atoms with Crippen LogP contribution in [0.1, 0.15) is 36.5 Å². The molecule has 0 radical (unpaired) electrons. The molecule has 1 aromatic rings. The third kappa shape index (κ3) is 3.41. The molecule has 0 bridgehead atoms. The van der Waals surface area contributed by atoms with Crippen LogP contribution in [0.5, 0.6) is 0 Å². The van der Waals surface area contributed by atoms with Gasteiger partial charge < -0.3 is 5.32 Å². The van der Waals surface area contributed by atoms with Crippen LogP contribution >= 0.6 is 0 Å². The zero-order chi connectivity index (χ0) is 15.5. The summed E-state index contributed by atoms with van der Waals surface area (Å²) in [6.07, 6.45) is 2.53. The minimum absolute atomic E-state index is 0.147. The SMILES string of the molecule is CCNC(=O)c1ccc(F)c(S(=O)(=O)N2CCCCC2)c1. The van der Waals surface area contributed by atoms with Crippen LogP contribution < -0.4 is 5.32 Å². The topological polar surface area (TPSA) is 66.5 Å². The van der Waals surface area contributed by atoms with Gasteiger partial charge in [-0.15, -0.1) is 0 Å². The number of piperidine rings is 1. The van der Waals surface area contributed by atoms with Crippen molar-refractivity contribution >= 4 is 15.9 Å². The Bertz CT molecular complexity index is 625. The first-order chi connectivity index (χ1) is 9.96. The monoisotopic (exact) mass is 314 g/mol. The van der Waals surface area contributed by atoms with E-state index in [-0.39, 0.29) is 5.56 Å². The van der Waals surface area contributed by atoms with E-state index in [0.717, 1.165) is 31.4 Å². The number of halogens is 1. The fourth-order valence-corrected chi connectivity index (χ4v) is 3.96. The van der Waals surface area contributed by atoms with Crippen molar-refractivity contribution in [1.29, 1.82) is 0 Å². The van der Waals surface area contributed by atoms with E-state index in [4.69, 9.17) is 0 Å². The zero-order valence-corrected chi connectivity index (χ0v) is 12.7. The maximum absolute atomic E-state index is 13.9. The number of carbonyl (C=O) groups is 1. The molecule has 1 N–H and O–H groups in total. The summed E-state index contributed by atoms with van der Waals surface area (Å²) in [6.45, 7) is 2.97. The third-order valence-electron chi connectivity index (χ3n) is 3.46. The molecule has 1 heterocycles. The highest BCUT2D eigenvalue weighted by Gasteiger charge is 2.29. The standard InChI is InChI=1S/C14H19FN2O3S/c1-2-16-14(18)11-6-7-12(15)13(10-11)21(19,20)17-8-4-3-5-9-17/h6-7,10H,2-5,8-9H2,1H3,(H,16,18). The van der Waals surface area contributed by atoms with Crippen LogP contribution in [0.15, 0.2) is 23.1 Å². The van der Waals surface area contributed by atoms with Gasteiger partial charge in [0.25, 0.3) is 5.91 Å². The second kappa shape index (κ2) is 6.53. The molecule has 116 valence electrons. The molecule has 1 saturated heterocycles. The van der Waals surface area contributed by atoms with Crippen LogP contribution in [0.25, 0.3) is 0 Å². The van der Waals surface area contributed by atoms with Crippen molar-refractivity contribution in [3.8, 4) is 0 Å². The van der Waals surface area contributed by atoms with Crippen LogP contribution in [-0.4, -0.2) is 38.3 Å². The maximum atomic E-state index is 13.9. The lowest BCUT2D eigenvalue weighted by Gasteiger charge is -2.26. The van der Waals surface area contributed by atoms with Crippen molar-refractivity contribution in [3.05, 3.63) is 29.6 Å².